The number of likely N-dealkylation sites (tertiary alicyclic amines) is 1. The van der Waals surface area contributed by atoms with Gasteiger partial charge in [-0.3, -0.25) is 4.79 Å². The van der Waals surface area contributed by atoms with E-state index in [4.69, 9.17) is 10.5 Å². The van der Waals surface area contributed by atoms with Crippen molar-refractivity contribution >= 4 is 5.91 Å². The van der Waals surface area contributed by atoms with Crippen LogP contribution >= 0.6 is 0 Å². The van der Waals surface area contributed by atoms with Crippen molar-refractivity contribution in [2.24, 2.45) is 17.6 Å². The van der Waals surface area contributed by atoms with Gasteiger partial charge in [0.05, 0.1) is 6.61 Å². The van der Waals surface area contributed by atoms with Crippen molar-refractivity contribution in [3.05, 3.63) is 0 Å². The number of amides is 1. The highest BCUT2D eigenvalue weighted by molar-refractivity contribution is 5.82. The van der Waals surface area contributed by atoms with Gasteiger partial charge in [0.15, 0.2) is 0 Å². The number of methoxy groups -OCH3 is 1. The van der Waals surface area contributed by atoms with Crippen molar-refractivity contribution in [3.63, 3.8) is 0 Å². The van der Waals surface area contributed by atoms with Gasteiger partial charge in [-0.05, 0) is 24.7 Å². The van der Waals surface area contributed by atoms with Gasteiger partial charge in [-0.15, -0.1) is 0 Å². The van der Waals surface area contributed by atoms with E-state index in [1.165, 1.54) is 6.42 Å². The summed E-state index contributed by atoms with van der Waals surface area (Å²) in [4.78, 5) is 13.8. The summed E-state index contributed by atoms with van der Waals surface area (Å²) < 4.78 is 4.90. The van der Waals surface area contributed by atoms with Crippen LogP contribution in [-0.4, -0.2) is 43.7 Å². The third-order valence-electron chi connectivity index (χ3n) is 3.07. The molecule has 2 N–H and O–H groups in total. The van der Waals surface area contributed by atoms with E-state index >= 15 is 0 Å². The van der Waals surface area contributed by atoms with Gasteiger partial charge in [0.1, 0.15) is 6.04 Å². The van der Waals surface area contributed by atoms with Crippen LogP contribution in [0, 0.1) is 11.8 Å². The molecular weight excluding hydrogens is 204 g/mol. The molecule has 1 saturated heterocycles. The average Bonchev–Trinajstić information content (AvgIpc) is 2.64. The second kappa shape index (κ2) is 6.21. The third kappa shape index (κ3) is 3.76. The van der Waals surface area contributed by atoms with Gasteiger partial charge in [-0.2, -0.15) is 0 Å². The Bertz CT molecular complexity index is 231. The first kappa shape index (κ1) is 13.5. The molecule has 0 saturated carbocycles. The maximum atomic E-state index is 11.9. The van der Waals surface area contributed by atoms with Gasteiger partial charge in [0, 0.05) is 20.2 Å². The first-order valence-corrected chi connectivity index (χ1v) is 6.08. The zero-order chi connectivity index (χ0) is 12.1. The second-order valence-corrected chi connectivity index (χ2v) is 5.13. The number of carbonyl (C=O) groups excluding carboxylic acids is 1. The van der Waals surface area contributed by atoms with Crippen molar-refractivity contribution in [2.75, 3.05) is 26.8 Å². The minimum Gasteiger partial charge on any atom is -0.383 e. The molecule has 4 heteroatoms. The van der Waals surface area contributed by atoms with Gasteiger partial charge in [0.25, 0.3) is 0 Å². The summed E-state index contributed by atoms with van der Waals surface area (Å²) >= 11 is 0. The first-order valence-electron chi connectivity index (χ1n) is 6.08. The molecule has 1 fully saturated rings. The Balaban J connectivity index is 2.37. The number of ether oxygens (including phenoxy) is 1. The van der Waals surface area contributed by atoms with Gasteiger partial charge < -0.3 is 15.4 Å². The van der Waals surface area contributed by atoms with Gasteiger partial charge >= 0.3 is 0 Å². The Hall–Kier alpha value is -0.610. The third-order valence-corrected chi connectivity index (χ3v) is 3.07. The Morgan fingerprint density at radius 3 is 2.81 bits per heavy atom. The molecular formula is C12H24N2O2. The summed E-state index contributed by atoms with van der Waals surface area (Å²) in [5, 5.41) is 0. The van der Waals surface area contributed by atoms with E-state index in [0.29, 0.717) is 18.4 Å². The van der Waals surface area contributed by atoms with Crippen molar-refractivity contribution in [1.29, 1.82) is 0 Å². The molecule has 0 radical (unpaired) electrons. The lowest BCUT2D eigenvalue weighted by atomic mass is 9.97. The molecule has 94 valence electrons. The molecule has 0 aromatic rings. The van der Waals surface area contributed by atoms with E-state index in [2.05, 4.69) is 13.8 Å². The lowest BCUT2D eigenvalue weighted by Crippen LogP contribution is -2.45. The molecule has 0 aliphatic carbocycles. The van der Waals surface area contributed by atoms with E-state index in [9.17, 15) is 4.79 Å². The summed E-state index contributed by atoms with van der Waals surface area (Å²) in [6, 6.07) is -0.497. The monoisotopic (exact) mass is 228 g/mol. The Morgan fingerprint density at radius 2 is 2.25 bits per heavy atom. The second-order valence-electron chi connectivity index (χ2n) is 5.13. The topological polar surface area (TPSA) is 55.6 Å². The van der Waals surface area contributed by atoms with Crippen LogP contribution in [0.15, 0.2) is 0 Å². The fourth-order valence-electron chi connectivity index (χ4n) is 2.38. The SMILES string of the molecule is COCC(N)C(=O)N1CCC(CC(C)C)C1. The molecule has 0 aromatic carbocycles. The summed E-state index contributed by atoms with van der Waals surface area (Å²) in [7, 11) is 1.57. The molecule has 16 heavy (non-hydrogen) atoms. The normalized spacial score (nSPS) is 22.8. The predicted molar refractivity (Wildman–Crippen MR) is 64.0 cm³/mol. The maximum Gasteiger partial charge on any atom is 0.241 e. The first-order chi connectivity index (χ1) is 7.54. The van der Waals surface area contributed by atoms with Crippen molar-refractivity contribution in [3.8, 4) is 0 Å². The number of nitrogens with zero attached hydrogens (tertiary/aromatic N) is 1. The van der Waals surface area contributed by atoms with Crippen molar-refractivity contribution in [1.82, 2.24) is 4.90 Å². The van der Waals surface area contributed by atoms with Crippen LogP contribution in [0.2, 0.25) is 0 Å². The van der Waals surface area contributed by atoms with Crippen LogP contribution in [0.1, 0.15) is 26.7 Å². The zero-order valence-corrected chi connectivity index (χ0v) is 10.6. The smallest absolute Gasteiger partial charge is 0.241 e. The van der Waals surface area contributed by atoms with Crippen LogP contribution in [0.5, 0.6) is 0 Å². The maximum absolute atomic E-state index is 11.9. The molecule has 1 heterocycles. The standard InChI is InChI=1S/C12H24N2O2/c1-9(2)6-10-4-5-14(7-10)12(15)11(13)8-16-3/h9-11H,4-8,13H2,1-3H3. The van der Waals surface area contributed by atoms with Crippen molar-refractivity contribution in [2.45, 2.75) is 32.7 Å². The number of hydrogen-bond acceptors (Lipinski definition) is 3. The predicted octanol–water partition coefficient (Wildman–Crippen LogP) is 0.855. The molecule has 0 aromatic heterocycles. The number of hydrogen-bond donors (Lipinski definition) is 1. The average molecular weight is 228 g/mol. The molecule has 0 bridgehead atoms. The highest BCUT2D eigenvalue weighted by Crippen LogP contribution is 2.23. The van der Waals surface area contributed by atoms with Crippen LogP contribution in [0.25, 0.3) is 0 Å². The number of rotatable bonds is 5. The lowest BCUT2D eigenvalue weighted by molar-refractivity contribution is -0.132. The molecule has 2 atom stereocenters. The molecule has 1 amide bonds. The van der Waals surface area contributed by atoms with Gasteiger partial charge in [-0.25, -0.2) is 0 Å². The number of carbonyl (C=O) groups is 1. The minimum atomic E-state index is -0.497. The van der Waals surface area contributed by atoms with E-state index in [-0.39, 0.29) is 5.91 Å². The largest absolute Gasteiger partial charge is 0.383 e. The van der Waals surface area contributed by atoms with E-state index < -0.39 is 6.04 Å². The van der Waals surface area contributed by atoms with Gasteiger partial charge in [-0.1, -0.05) is 13.8 Å². The Labute approximate surface area is 98.1 Å². The van der Waals surface area contributed by atoms with E-state index in [1.807, 2.05) is 4.90 Å². The van der Waals surface area contributed by atoms with Crippen LogP contribution in [-0.2, 0) is 9.53 Å². The van der Waals surface area contributed by atoms with Gasteiger partial charge in [0.2, 0.25) is 5.91 Å². The van der Waals surface area contributed by atoms with E-state index in [0.717, 1.165) is 19.5 Å². The molecule has 1 rings (SSSR count). The molecule has 0 spiro atoms. The molecule has 4 nitrogen and oxygen atoms in total. The molecule has 2 unspecified atom stereocenters. The van der Waals surface area contributed by atoms with Crippen LogP contribution < -0.4 is 5.73 Å². The fourth-order valence-corrected chi connectivity index (χ4v) is 2.38. The Morgan fingerprint density at radius 1 is 1.56 bits per heavy atom. The highest BCUT2D eigenvalue weighted by atomic mass is 16.5. The summed E-state index contributed by atoms with van der Waals surface area (Å²) in [6.07, 6.45) is 2.31. The number of nitrogens with two attached hydrogens (primary N) is 1. The Kier molecular flexibility index (Phi) is 5.22. The minimum absolute atomic E-state index is 0.0353. The molecule has 1 aliphatic heterocycles. The highest BCUT2D eigenvalue weighted by Gasteiger charge is 2.29. The van der Waals surface area contributed by atoms with Crippen LogP contribution in [0.3, 0.4) is 0 Å². The zero-order valence-electron chi connectivity index (χ0n) is 10.6. The van der Waals surface area contributed by atoms with Crippen molar-refractivity contribution < 1.29 is 9.53 Å². The van der Waals surface area contributed by atoms with E-state index in [1.54, 1.807) is 7.11 Å². The van der Waals surface area contributed by atoms with Crippen LogP contribution in [0.4, 0.5) is 0 Å². The molecule has 1 aliphatic rings. The fraction of sp³-hybridized carbons (Fsp3) is 0.917. The summed E-state index contributed by atoms with van der Waals surface area (Å²) in [5.74, 6) is 1.39. The summed E-state index contributed by atoms with van der Waals surface area (Å²) in [6.45, 7) is 6.48. The quantitative estimate of drug-likeness (QED) is 0.759. The summed E-state index contributed by atoms with van der Waals surface area (Å²) in [5.41, 5.74) is 5.74. The lowest BCUT2D eigenvalue weighted by Gasteiger charge is -2.20.